The zero-order valence-corrected chi connectivity index (χ0v) is 9.13. The first-order valence-electron chi connectivity index (χ1n) is 5.71. The van der Waals surface area contributed by atoms with Gasteiger partial charge in [-0.15, -0.1) is 0 Å². The van der Waals surface area contributed by atoms with Gasteiger partial charge in [-0.25, -0.2) is 0 Å². The fourth-order valence-corrected chi connectivity index (χ4v) is 2.41. The van der Waals surface area contributed by atoms with Crippen molar-refractivity contribution >= 4 is 0 Å². The highest BCUT2D eigenvalue weighted by atomic mass is 15.2. The van der Waals surface area contributed by atoms with Crippen LogP contribution in [0.15, 0.2) is 0 Å². The van der Waals surface area contributed by atoms with Gasteiger partial charge < -0.3 is 5.73 Å². The SMILES string of the molecule is CCC(CN)N(C)C1CCCCC1. The minimum Gasteiger partial charge on any atom is -0.329 e. The molecule has 2 heteroatoms. The fraction of sp³-hybridized carbons (Fsp3) is 1.00. The van der Waals surface area contributed by atoms with E-state index in [1.807, 2.05) is 0 Å². The standard InChI is InChI=1S/C11H24N2/c1-3-10(9-12)13(2)11-7-5-4-6-8-11/h10-11H,3-9,12H2,1-2H3. The molecule has 1 fully saturated rings. The van der Waals surface area contributed by atoms with Crippen molar-refractivity contribution in [3.63, 3.8) is 0 Å². The van der Waals surface area contributed by atoms with E-state index in [-0.39, 0.29) is 0 Å². The van der Waals surface area contributed by atoms with E-state index >= 15 is 0 Å². The topological polar surface area (TPSA) is 29.3 Å². The molecule has 1 atom stereocenters. The van der Waals surface area contributed by atoms with Crippen molar-refractivity contribution in [2.75, 3.05) is 13.6 Å². The maximum Gasteiger partial charge on any atom is 0.0215 e. The second-order valence-electron chi connectivity index (χ2n) is 4.26. The van der Waals surface area contributed by atoms with Gasteiger partial charge in [-0.1, -0.05) is 26.2 Å². The number of hydrogen-bond donors (Lipinski definition) is 1. The van der Waals surface area contributed by atoms with Crippen molar-refractivity contribution < 1.29 is 0 Å². The van der Waals surface area contributed by atoms with Gasteiger partial charge >= 0.3 is 0 Å². The molecule has 0 saturated heterocycles. The Hall–Kier alpha value is -0.0800. The Morgan fingerprint density at radius 3 is 2.38 bits per heavy atom. The lowest BCUT2D eigenvalue weighted by atomic mass is 9.93. The molecule has 0 amide bonds. The first kappa shape index (κ1) is 11.0. The molecule has 13 heavy (non-hydrogen) atoms. The van der Waals surface area contributed by atoms with Crippen molar-refractivity contribution in [2.24, 2.45) is 5.73 Å². The van der Waals surface area contributed by atoms with Crippen LogP contribution in [-0.4, -0.2) is 30.6 Å². The summed E-state index contributed by atoms with van der Waals surface area (Å²) in [5.41, 5.74) is 5.75. The number of likely N-dealkylation sites (N-methyl/N-ethyl adjacent to an activating group) is 1. The second-order valence-corrected chi connectivity index (χ2v) is 4.26. The monoisotopic (exact) mass is 184 g/mol. The maximum absolute atomic E-state index is 5.75. The summed E-state index contributed by atoms with van der Waals surface area (Å²) in [6.45, 7) is 3.04. The van der Waals surface area contributed by atoms with Gasteiger partial charge in [0.2, 0.25) is 0 Å². The van der Waals surface area contributed by atoms with Crippen LogP contribution in [0.1, 0.15) is 45.4 Å². The Morgan fingerprint density at radius 1 is 1.31 bits per heavy atom. The van der Waals surface area contributed by atoms with Crippen LogP contribution in [0.5, 0.6) is 0 Å². The minimum absolute atomic E-state index is 0.600. The molecule has 0 spiro atoms. The lowest BCUT2D eigenvalue weighted by Gasteiger charge is -2.36. The number of hydrogen-bond acceptors (Lipinski definition) is 2. The normalized spacial score (nSPS) is 22.2. The Morgan fingerprint density at radius 2 is 1.92 bits per heavy atom. The largest absolute Gasteiger partial charge is 0.329 e. The third-order valence-corrected chi connectivity index (χ3v) is 3.47. The Labute approximate surface area is 82.5 Å². The van der Waals surface area contributed by atoms with Crippen LogP contribution < -0.4 is 5.73 Å². The van der Waals surface area contributed by atoms with Crippen LogP contribution in [0.4, 0.5) is 0 Å². The van der Waals surface area contributed by atoms with E-state index in [9.17, 15) is 0 Å². The van der Waals surface area contributed by atoms with Gasteiger partial charge in [-0.05, 0) is 26.3 Å². The molecular weight excluding hydrogens is 160 g/mol. The lowest BCUT2D eigenvalue weighted by Crippen LogP contribution is -2.44. The smallest absolute Gasteiger partial charge is 0.0215 e. The van der Waals surface area contributed by atoms with E-state index in [0.29, 0.717) is 6.04 Å². The van der Waals surface area contributed by atoms with Crippen LogP contribution >= 0.6 is 0 Å². The molecule has 1 saturated carbocycles. The summed E-state index contributed by atoms with van der Waals surface area (Å²) in [6, 6.07) is 1.41. The quantitative estimate of drug-likeness (QED) is 0.724. The summed E-state index contributed by atoms with van der Waals surface area (Å²) in [5, 5.41) is 0. The summed E-state index contributed by atoms with van der Waals surface area (Å²) in [7, 11) is 2.25. The van der Waals surface area contributed by atoms with Crippen LogP contribution in [-0.2, 0) is 0 Å². The predicted octanol–water partition coefficient (Wildman–Crippen LogP) is 1.99. The third kappa shape index (κ3) is 2.96. The molecule has 2 nitrogen and oxygen atoms in total. The highest BCUT2D eigenvalue weighted by Gasteiger charge is 2.22. The van der Waals surface area contributed by atoms with E-state index in [4.69, 9.17) is 5.73 Å². The molecule has 1 aliphatic rings. The van der Waals surface area contributed by atoms with Crippen molar-refractivity contribution in [3.05, 3.63) is 0 Å². The third-order valence-electron chi connectivity index (χ3n) is 3.47. The molecule has 0 aromatic rings. The van der Waals surface area contributed by atoms with Crippen molar-refractivity contribution in [1.29, 1.82) is 0 Å². The molecule has 0 aromatic carbocycles. The lowest BCUT2D eigenvalue weighted by molar-refractivity contribution is 0.137. The molecule has 2 N–H and O–H groups in total. The summed E-state index contributed by atoms with van der Waals surface area (Å²) in [6.07, 6.45) is 8.21. The molecule has 0 aromatic heterocycles. The van der Waals surface area contributed by atoms with Gasteiger partial charge in [0.15, 0.2) is 0 Å². The van der Waals surface area contributed by atoms with E-state index in [1.165, 1.54) is 38.5 Å². The molecule has 0 aliphatic heterocycles. The average molecular weight is 184 g/mol. The minimum atomic E-state index is 0.600. The van der Waals surface area contributed by atoms with Crippen molar-refractivity contribution in [1.82, 2.24) is 4.90 Å². The summed E-state index contributed by atoms with van der Waals surface area (Å²) in [5.74, 6) is 0. The number of nitrogens with zero attached hydrogens (tertiary/aromatic N) is 1. The van der Waals surface area contributed by atoms with Gasteiger partial charge in [-0.3, -0.25) is 4.90 Å². The first-order chi connectivity index (χ1) is 6.29. The summed E-state index contributed by atoms with van der Waals surface area (Å²) < 4.78 is 0. The molecule has 1 aliphatic carbocycles. The molecule has 0 bridgehead atoms. The van der Waals surface area contributed by atoms with Crippen LogP contribution in [0.3, 0.4) is 0 Å². The molecule has 1 rings (SSSR count). The predicted molar refractivity (Wildman–Crippen MR) is 57.8 cm³/mol. The van der Waals surface area contributed by atoms with E-state index in [1.54, 1.807) is 0 Å². The van der Waals surface area contributed by atoms with Crippen LogP contribution in [0.25, 0.3) is 0 Å². The van der Waals surface area contributed by atoms with Gasteiger partial charge in [-0.2, -0.15) is 0 Å². The number of rotatable bonds is 4. The average Bonchev–Trinajstić information content (AvgIpc) is 2.21. The van der Waals surface area contributed by atoms with E-state index in [2.05, 4.69) is 18.9 Å². The maximum atomic E-state index is 5.75. The van der Waals surface area contributed by atoms with Gasteiger partial charge in [0.1, 0.15) is 0 Å². The Balaban J connectivity index is 2.38. The van der Waals surface area contributed by atoms with Gasteiger partial charge in [0.05, 0.1) is 0 Å². The van der Waals surface area contributed by atoms with Crippen LogP contribution in [0.2, 0.25) is 0 Å². The first-order valence-corrected chi connectivity index (χ1v) is 5.71. The zero-order valence-electron chi connectivity index (χ0n) is 9.13. The highest BCUT2D eigenvalue weighted by molar-refractivity contribution is 4.78. The zero-order chi connectivity index (χ0) is 9.68. The summed E-state index contributed by atoms with van der Waals surface area (Å²) in [4.78, 5) is 2.51. The molecular formula is C11H24N2. The van der Waals surface area contributed by atoms with Crippen molar-refractivity contribution in [2.45, 2.75) is 57.5 Å². The number of nitrogens with two attached hydrogens (primary N) is 1. The van der Waals surface area contributed by atoms with Crippen molar-refractivity contribution in [3.8, 4) is 0 Å². The molecule has 0 heterocycles. The highest BCUT2D eigenvalue weighted by Crippen LogP contribution is 2.23. The second kappa shape index (κ2) is 5.61. The molecule has 78 valence electrons. The van der Waals surface area contributed by atoms with Gasteiger partial charge in [0.25, 0.3) is 0 Å². The molecule has 0 radical (unpaired) electrons. The van der Waals surface area contributed by atoms with Crippen LogP contribution in [0, 0.1) is 0 Å². The van der Waals surface area contributed by atoms with E-state index < -0.39 is 0 Å². The molecule has 1 unspecified atom stereocenters. The Bertz CT molecular complexity index is 126. The van der Waals surface area contributed by atoms with E-state index in [0.717, 1.165) is 12.6 Å². The fourth-order valence-electron chi connectivity index (χ4n) is 2.41. The summed E-state index contributed by atoms with van der Waals surface area (Å²) >= 11 is 0. The Kier molecular flexibility index (Phi) is 4.74. The van der Waals surface area contributed by atoms with Gasteiger partial charge in [0, 0.05) is 18.6 Å².